The van der Waals surface area contributed by atoms with Gasteiger partial charge in [0.05, 0.1) is 6.54 Å². The van der Waals surface area contributed by atoms with Gasteiger partial charge in [-0.05, 0) is 13.8 Å². The fraction of sp³-hybridized carbons (Fsp3) is 0.625. The smallest absolute Gasteiger partial charge is 0.239 e. The number of amides is 1. The van der Waals surface area contributed by atoms with E-state index in [4.69, 9.17) is 5.73 Å². The standard InChI is InChI=1S/C8H15N5OS/c1-3-10-6(14)5-13(4-2)8-11-7(9)12-15-8/h3-5H2,1-2H3,(H2,9,12)(H,10,14). The lowest BCUT2D eigenvalue weighted by Gasteiger charge is -2.17. The molecule has 1 aromatic heterocycles. The maximum atomic E-state index is 11.4. The summed E-state index contributed by atoms with van der Waals surface area (Å²) in [5.41, 5.74) is 5.42. The number of nitrogens with zero attached hydrogens (tertiary/aromatic N) is 3. The molecule has 0 bridgehead atoms. The van der Waals surface area contributed by atoms with Gasteiger partial charge in [0, 0.05) is 24.6 Å². The molecule has 0 radical (unpaired) electrons. The molecule has 1 amide bonds. The van der Waals surface area contributed by atoms with Gasteiger partial charge >= 0.3 is 0 Å². The topological polar surface area (TPSA) is 84.1 Å². The molecule has 1 aromatic rings. The maximum absolute atomic E-state index is 11.4. The summed E-state index contributed by atoms with van der Waals surface area (Å²) in [6, 6.07) is 0. The highest BCUT2D eigenvalue weighted by Gasteiger charge is 2.12. The molecule has 0 aromatic carbocycles. The Hall–Kier alpha value is -1.37. The van der Waals surface area contributed by atoms with Crippen molar-refractivity contribution in [3.63, 3.8) is 0 Å². The number of nitrogens with one attached hydrogen (secondary N) is 1. The number of rotatable bonds is 5. The predicted molar refractivity (Wildman–Crippen MR) is 60.9 cm³/mol. The molecule has 7 heteroatoms. The molecule has 0 aliphatic heterocycles. The van der Waals surface area contributed by atoms with Gasteiger partial charge in [0.15, 0.2) is 0 Å². The van der Waals surface area contributed by atoms with Crippen molar-refractivity contribution < 1.29 is 4.79 Å². The van der Waals surface area contributed by atoms with Gasteiger partial charge in [-0.1, -0.05) is 0 Å². The van der Waals surface area contributed by atoms with Crippen LogP contribution in [0.1, 0.15) is 13.8 Å². The summed E-state index contributed by atoms with van der Waals surface area (Å²) in [6.45, 7) is 5.47. The van der Waals surface area contributed by atoms with Gasteiger partial charge in [-0.3, -0.25) is 4.79 Å². The number of anilines is 2. The third-order valence-electron chi connectivity index (χ3n) is 1.79. The number of hydrogen-bond acceptors (Lipinski definition) is 6. The molecule has 0 fully saturated rings. The van der Waals surface area contributed by atoms with E-state index in [-0.39, 0.29) is 11.9 Å². The third-order valence-corrected chi connectivity index (χ3v) is 2.58. The Bertz CT molecular complexity index is 327. The predicted octanol–water partition coefficient (Wildman–Crippen LogP) is 0.0827. The first-order chi connectivity index (χ1) is 7.17. The SMILES string of the molecule is CCNC(=O)CN(CC)c1nc(N)ns1. The van der Waals surface area contributed by atoms with Crippen LogP contribution in [-0.4, -0.2) is 34.9 Å². The normalized spacial score (nSPS) is 10.0. The second kappa shape index (κ2) is 5.50. The van der Waals surface area contributed by atoms with Gasteiger partial charge in [-0.15, -0.1) is 0 Å². The van der Waals surface area contributed by atoms with Crippen LogP contribution < -0.4 is 16.0 Å². The first kappa shape index (κ1) is 11.7. The maximum Gasteiger partial charge on any atom is 0.239 e. The molecule has 0 atom stereocenters. The molecule has 0 saturated carbocycles. The Balaban J connectivity index is 2.60. The van der Waals surface area contributed by atoms with Crippen LogP contribution in [-0.2, 0) is 4.79 Å². The first-order valence-corrected chi connectivity index (χ1v) is 5.55. The number of nitrogen functional groups attached to an aromatic ring is 1. The summed E-state index contributed by atoms with van der Waals surface area (Å²) in [5.74, 6) is 0.234. The van der Waals surface area contributed by atoms with Gasteiger partial charge in [0.1, 0.15) is 0 Å². The van der Waals surface area contributed by atoms with Crippen LogP contribution in [0.15, 0.2) is 0 Å². The van der Waals surface area contributed by atoms with Gasteiger partial charge < -0.3 is 16.0 Å². The molecule has 0 unspecified atom stereocenters. The Labute approximate surface area is 92.7 Å². The molecular weight excluding hydrogens is 214 g/mol. The Morgan fingerprint density at radius 2 is 2.33 bits per heavy atom. The zero-order valence-corrected chi connectivity index (χ0v) is 9.67. The summed E-state index contributed by atoms with van der Waals surface area (Å²) in [4.78, 5) is 17.2. The van der Waals surface area contributed by atoms with E-state index in [9.17, 15) is 4.79 Å². The Morgan fingerprint density at radius 1 is 1.60 bits per heavy atom. The van der Waals surface area contributed by atoms with Crippen LogP contribution in [0.3, 0.4) is 0 Å². The lowest BCUT2D eigenvalue weighted by Crippen LogP contribution is -2.37. The minimum atomic E-state index is -0.0203. The lowest BCUT2D eigenvalue weighted by molar-refractivity contribution is -0.119. The number of nitrogens with two attached hydrogens (primary N) is 1. The number of carbonyl (C=O) groups is 1. The zero-order chi connectivity index (χ0) is 11.3. The van der Waals surface area contributed by atoms with Crippen molar-refractivity contribution in [3.8, 4) is 0 Å². The van der Waals surface area contributed by atoms with Crippen LogP contribution >= 0.6 is 11.5 Å². The van der Waals surface area contributed by atoms with Gasteiger partial charge in [0.2, 0.25) is 17.0 Å². The van der Waals surface area contributed by atoms with Gasteiger partial charge in [-0.25, -0.2) is 0 Å². The summed E-state index contributed by atoms with van der Waals surface area (Å²) >= 11 is 1.20. The van der Waals surface area contributed by atoms with Crippen LogP contribution in [0.25, 0.3) is 0 Å². The van der Waals surface area contributed by atoms with Crippen molar-refractivity contribution in [2.24, 2.45) is 0 Å². The summed E-state index contributed by atoms with van der Waals surface area (Å²) < 4.78 is 3.87. The van der Waals surface area contributed by atoms with Crippen molar-refractivity contribution in [1.29, 1.82) is 0 Å². The number of hydrogen-bond donors (Lipinski definition) is 2. The summed E-state index contributed by atoms with van der Waals surface area (Å²) in [7, 11) is 0. The molecule has 0 saturated heterocycles. The van der Waals surface area contributed by atoms with E-state index in [0.717, 1.165) is 0 Å². The average molecular weight is 229 g/mol. The molecule has 0 aliphatic rings. The molecular formula is C8H15N5OS. The fourth-order valence-electron chi connectivity index (χ4n) is 1.10. The van der Waals surface area contributed by atoms with Crippen molar-refractivity contribution in [3.05, 3.63) is 0 Å². The molecule has 1 rings (SSSR count). The summed E-state index contributed by atoms with van der Waals surface area (Å²) in [6.07, 6.45) is 0. The quantitative estimate of drug-likeness (QED) is 0.747. The zero-order valence-electron chi connectivity index (χ0n) is 8.86. The van der Waals surface area contributed by atoms with Crippen LogP contribution in [0.5, 0.6) is 0 Å². The van der Waals surface area contributed by atoms with E-state index >= 15 is 0 Å². The van der Waals surface area contributed by atoms with Gasteiger partial charge in [-0.2, -0.15) is 9.36 Å². The van der Waals surface area contributed by atoms with Crippen LogP contribution in [0, 0.1) is 0 Å². The third kappa shape index (κ3) is 3.35. The molecule has 0 spiro atoms. The minimum absolute atomic E-state index is 0.0203. The second-order valence-corrected chi connectivity index (χ2v) is 3.63. The van der Waals surface area contributed by atoms with Crippen molar-refractivity contribution >= 4 is 28.5 Å². The number of aromatic nitrogens is 2. The van der Waals surface area contributed by atoms with Crippen LogP contribution in [0.4, 0.5) is 11.1 Å². The Kier molecular flexibility index (Phi) is 4.29. The monoisotopic (exact) mass is 229 g/mol. The van der Waals surface area contributed by atoms with Crippen molar-refractivity contribution in [1.82, 2.24) is 14.7 Å². The number of likely N-dealkylation sites (N-methyl/N-ethyl adjacent to an activating group) is 2. The average Bonchev–Trinajstić information content (AvgIpc) is 2.61. The van der Waals surface area contributed by atoms with Gasteiger partial charge in [0.25, 0.3) is 0 Å². The van der Waals surface area contributed by atoms with Crippen LogP contribution in [0.2, 0.25) is 0 Å². The highest BCUT2D eigenvalue weighted by Crippen LogP contribution is 2.17. The summed E-state index contributed by atoms with van der Waals surface area (Å²) in [5, 5.41) is 3.41. The van der Waals surface area contributed by atoms with Crippen molar-refractivity contribution in [2.75, 3.05) is 30.3 Å². The minimum Gasteiger partial charge on any atom is -0.367 e. The van der Waals surface area contributed by atoms with E-state index in [1.165, 1.54) is 11.5 Å². The van der Waals surface area contributed by atoms with Crippen molar-refractivity contribution in [2.45, 2.75) is 13.8 Å². The van der Waals surface area contributed by atoms with E-state index < -0.39 is 0 Å². The largest absolute Gasteiger partial charge is 0.367 e. The molecule has 3 N–H and O–H groups in total. The lowest BCUT2D eigenvalue weighted by atomic mass is 10.5. The Morgan fingerprint density at radius 3 is 2.80 bits per heavy atom. The van der Waals surface area contributed by atoms with E-state index in [1.54, 1.807) is 0 Å². The van der Waals surface area contributed by atoms with E-state index in [0.29, 0.717) is 24.8 Å². The fourth-order valence-corrected chi connectivity index (χ4v) is 1.76. The van der Waals surface area contributed by atoms with E-state index in [1.807, 2.05) is 18.7 Å². The molecule has 0 aliphatic carbocycles. The molecule has 84 valence electrons. The highest BCUT2D eigenvalue weighted by atomic mass is 32.1. The van der Waals surface area contributed by atoms with E-state index in [2.05, 4.69) is 14.7 Å². The highest BCUT2D eigenvalue weighted by molar-refractivity contribution is 7.09. The number of carbonyl (C=O) groups excluding carboxylic acids is 1. The molecule has 1 heterocycles. The second-order valence-electron chi connectivity index (χ2n) is 2.90. The first-order valence-electron chi connectivity index (χ1n) is 4.78. The molecule has 15 heavy (non-hydrogen) atoms. The molecule has 6 nitrogen and oxygen atoms in total.